The Hall–Kier alpha value is -0.130. The van der Waals surface area contributed by atoms with Gasteiger partial charge in [0.2, 0.25) is 0 Å². The highest BCUT2D eigenvalue weighted by molar-refractivity contribution is 14.1. The summed E-state index contributed by atoms with van der Waals surface area (Å²) in [5.74, 6) is 0. The topological polar surface area (TPSA) is 6.48 Å². The molecule has 1 unspecified atom stereocenters. The van der Waals surface area contributed by atoms with E-state index in [-0.39, 0.29) is 0 Å². The molecule has 17 heavy (non-hydrogen) atoms. The van der Waals surface area contributed by atoms with Gasteiger partial charge in [-0.05, 0) is 59.7 Å². The van der Waals surface area contributed by atoms with Gasteiger partial charge in [0.05, 0.1) is 0 Å². The van der Waals surface area contributed by atoms with Gasteiger partial charge in [0.1, 0.15) is 0 Å². The van der Waals surface area contributed by atoms with Crippen LogP contribution in [0.15, 0.2) is 24.3 Å². The first kappa shape index (κ1) is 11.9. The second kappa shape index (κ2) is 5.24. The number of hydrogen-bond donors (Lipinski definition) is 0. The van der Waals surface area contributed by atoms with E-state index in [9.17, 15) is 0 Å². The van der Waals surface area contributed by atoms with Crippen LogP contribution in [0.5, 0.6) is 0 Å². The van der Waals surface area contributed by atoms with Crippen molar-refractivity contribution in [3.05, 3.63) is 33.4 Å². The summed E-state index contributed by atoms with van der Waals surface area (Å²) in [6.45, 7) is 6.24. The zero-order valence-corrected chi connectivity index (χ0v) is 12.3. The first-order valence-corrected chi connectivity index (χ1v) is 7.60. The molecule has 2 fully saturated rings. The van der Waals surface area contributed by atoms with Crippen molar-refractivity contribution in [2.75, 3.05) is 26.2 Å². The van der Waals surface area contributed by atoms with Gasteiger partial charge in [0.15, 0.2) is 0 Å². The average molecular weight is 342 g/mol. The SMILES string of the molecule is Ic1ccc(CN2CCN3CCCC3C2)cc1. The molecular weight excluding hydrogens is 323 g/mol. The van der Waals surface area contributed by atoms with E-state index >= 15 is 0 Å². The van der Waals surface area contributed by atoms with E-state index in [2.05, 4.69) is 56.7 Å². The van der Waals surface area contributed by atoms with Crippen molar-refractivity contribution in [3.8, 4) is 0 Å². The molecule has 0 bridgehead atoms. The van der Waals surface area contributed by atoms with Gasteiger partial charge in [-0.3, -0.25) is 9.80 Å². The van der Waals surface area contributed by atoms with Gasteiger partial charge in [-0.2, -0.15) is 0 Å². The lowest BCUT2D eigenvalue weighted by molar-refractivity contribution is 0.0994. The van der Waals surface area contributed by atoms with Gasteiger partial charge in [0, 0.05) is 35.8 Å². The Morgan fingerprint density at radius 3 is 2.76 bits per heavy atom. The lowest BCUT2D eigenvalue weighted by Gasteiger charge is -2.37. The molecule has 0 saturated carbocycles. The second-order valence-corrected chi connectivity index (χ2v) is 6.44. The summed E-state index contributed by atoms with van der Waals surface area (Å²) in [6, 6.07) is 9.79. The molecule has 3 rings (SSSR count). The predicted molar refractivity (Wildman–Crippen MR) is 79.0 cm³/mol. The minimum Gasteiger partial charge on any atom is -0.298 e. The minimum atomic E-state index is 0.840. The van der Waals surface area contributed by atoms with Crippen LogP contribution in [0.2, 0.25) is 0 Å². The van der Waals surface area contributed by atoms with Crippen LogP contribution in [-0.4, -0.2) is 42.0 Å². The molecule has 0 radical (unpaired) electrons. The van der Waals surface area contributed by atoms with Crippen LogP contribution >= 0.6 is 22.6 Å². The van der Waals surface area contributed by atoms with Crippen molar-refractivity contribution < 1.29 is 0 Å². The summed E-state index contributed by atoms with van der Waals surface area (Å²) >= 11 is 2.37. The molecule has 0 amide bonds. The number of benzene rings is 1. The normalized spacial score (nSPS) is 26.1. The molecule has 0 aromatic heterocycles. The summed E-state index contributed by atoms with van der Waals surface area (Å²) in [6.07, 6.45) is 2.81. The first-order valence-electron chi connectivity index (χ1n) is 6.52. The molecule has 2 nitrogen and oxygen atoms in total. The number of fused-ring (bicyclic) bond motifs is 1. The molecule has 1 aromatic rings. The van der Waals surface area contributed by atoms with Crippen LogP contribution in [0.25, 0.3) is 0 Å². The fourth-order valence-corrected chi connectivity index (χ4v) is 3.41. The molecule has 3 heteroatoms. The van der Waals surface area contributed by atoms with Crippen molar-refractivity contribution in [1.82, 2.24) is 9.80 Å². The Kier molecular flexibility index (Phi) is 3.68. The Morgan fingerprint density at radius 1 is 1.12 bits per heavy atom. The molecule has 1 atom stereocenters. The third-order valence-corrected chi connectivity index (χ3v) is 4.71. The van der Waals surface area contributed by atoms with Gasteiger partial charge < -0.3 is 0 Å². The second-order valence-electron chi connectivity index (χ2n) is 5.19. The minimum absolute atomic E-state index is 0.840. The van der Waals surface area contributed by atoms with Crippen molar-refractivity contribution in [1.29, 1.82) is 0 Å². The molecule has 1 aromatic carbocycles. The van der Waals surface area contributed by atoms with Crippen molar-refractivity contribution in [2.45, 2.75) is 25.4 Å². The Labute approximate surface area is 117 Å². The monoisotopic (exact) mass is 342 g/mol. The lowest BCUT2D eigenvalue weighted by atomic mass is 10.1. The maximum Gasteiger partial charge on any atom is 0.0234 e. The average Bonchev–Trinajstić information content (AvgIpc) is 2.79. The highest BCUT2D eigenvalue weighted by atomic mass is 127. The maximum atomic E-state index is 2.67. The summed E-state index contributed by atoms with van der Waals surface area (Å²) in [4.78, 5) is 5.29. The first-order chi connectivity index (χ1) is 8.31. The van der Waals surface area contributed by atoms with Crippen LogP contribution in [0, 0.1) is 3.57 Å². The van der Waals surface area contributed by atoms with Crippen LogP contribution in [0.1, 0.15) is 18.4 Å². The largest absolute Gasteiger partial charge is 0.298 e. The third kappa shape index (κ3) is 2.83. The van der Waals surface area contributed by atoms with Crippen LogP contribution < -0.4 is 0 Å². The van der Waals surface area contributed by atoms with Crippen molar-refractivity contribution >= 4 is 22.6 Å². The zero-order chi connectivity index (χ0) is 11.7. The summed E-state index contributed by atoms with van der Waals surface area (Å²) in [5, 5.41) is 0. The fourth-order valence-electron chi connectivity index (χ4n) is 3.05. The fraction of sp³-hybridized carbons (Fsp3) is 0.571. The van der Waals surface area contributed by atoms with Gasteiger partial charge >= 0.3 is 0 Å². The van der Waals surface area contributed by atoms with Crippen molar-refractivity contribution in [3.63, 3.8) is 0 Å². The van der Waals surface area contributed by atoms with E-state index in [0.717, 1.165) is 12.6 Å². The molecule has 2 aliphatic rings. The molecule has 2 aliphatic heterocycles. The summed E-state index contributed by atoms with van der Waals surface area (Å²) < 4.78 is 1.33. The third-order valence-electron chi connectivity index (χ3n) is 3.99. The van der Waals surface area contributed by atoms with E-state index < -0.39 is 0 Å². The van der Waals surface area contributed by atoms with E-state index in [0.29, 0.717) is 0 Å². The van der Waals surface area contributed by atoms with Crippen LogP contribution in [0.3, 0.4) is 0 Å². The Balaban J connectivity index is 1.60. The molecular formula is C14H19IN2. The lowest BCUT2D eigenvalue weighted by Crippen LogP contribution is -2.49. The van der Waals surface area contributed by atoms with Crippen molar-refractivity contribution in [2.24, 2.45) is 0 Å². The van der Waals surface area contributed by atoms with Crippen LogP contribution in [0.4, 0.5) is 0 Å². The van der Waals surface area contributed by atoms with Gasteiger partial charge in [-0.15, -0.1) is 0 Å². The smallest absolute Gasteiger partial charge is 0.0234 e. The van der Waals surface area contributed by atoms with E-state index in [1.54, 1.807) is 0 Å². The quantitative estimate of drug-likeness (QED) is 0.763. The highest BCUT2D eigenvalue weighted by Gasteiger charge is 2.30. The zero-order valence-electron chi connectivity index (χ0n) is 10.1. The number of rotatable bonds is 2. The molecule has 2 heterocycles. The molecule has 0 spiro atoms. The van der Waals surface area contributed by atoms with Gasteiger partial charge in [0.25, 0.3) is 0 Å². The van der Waals surface area contributed by atoms with Crippen LogP contribution in [-0.2, 0) is 6.54 Å². The predicted octanol–water partition coefficient (Wildman–Crippen LogP) is 2.57. The number of piperazine rings is 1. The maximum absolute atomic E-state index is 2.67. The Bertz CT molecular complexity index is 376. The van der Waals surface area contributed by atoms with Gasteiger partial charge in [-0.1, -0.05) is 12.1 Å². The summed E-state index contributed by atoms with van der Waals surface area (Å²) in [7, 11) is 0. The van der Waals surface area contributed by atoms with E-state index in [1.807, 2.05) is 0 Å². The van der Waals surface area contributed by atoms with Gasteiger partial charge in [-0.25, -0.2) is 0 Å². The molecule has 0 N–H and O–H groups in total. The molecule has 0 aliphatic carbocycles. The summed E-state index contributed by atoms with van der Waals surface area (Å²) in [5.41, 5.74) is 1.46. The number of halogens is 1. The Morgan fingerprint density at radius 2 is 1.94 bits per heavy atom. The molecule has 92 valence electrons. The standard InChI is InChI=1S/C14H19IN2/c15-13-5-3-12(4-6-13)10-16-8-9-17-7-1-2-14(17)11-16/h3-6,14H,1-2,7-11H2. The number of nitrogens with zero attached hydrogens (tertiary/aromatic N) is 2. The van der Waals surface area contributed by atoms with E-state index in [4.69, 9.17) is 0 Å². The number of hydrogen-bond acceptors (Lipinski definition) is 2. The highest BCUT2D eigenvalue weighted by Crippen LogP contribution is 2.22. The molecule has 2 saturated heterocycles. The van der Waals surface area contributed by atoms with E-state index in [1.165, 1.54) is 48.2 Å².